The zero-order chi connectivity index (χ0) is 23.8. The first-order valence-corrected chi connectivity index (χ1v) is 13.7. The Balaban J connectivity index is 1.39. The van der Waals surface area contributed by atoms with Gasteiger partial charge in [-0.2, -0.15) is 0 Å². The maximum Gasteiger partial charge on any atom is 0.409 e. The molecule has 3 aliphatic rings. The Morgan fingerprint density at radius 1 is 1.06 bits per heavy atom. The van der Waals surface area contributed by atoms with Gasteiger partial charge in [-0.25, -0.2) is 13.2 Å². The van der Waals surface area contributed by atoms with Crippen LogP contribution in [0, 0.1) is 5.92 Å². The summed E-state index contributed by atoms with van der Waals surface area (Å²) in [5, 5.41) is 0. The zero-order valence-corrected chi connectivity index (χ0v) is 21.0. The molecule has 4 rings (SSSR count). The molecule has 1 saturated heterocycles. The van der Waals surface area contributed by atoms with Crippen molar-refractivity contribution in [2.24, 2.45) is 5.92 Å². The number of rotatable bonds is 6. The van der Waals surface area contributed by atoms with Crippen LogP contribution in [0.1, 0.15) is 31.7 Å². The quantitative estimate of drug-likeness (QED) is 0.546. The molecular formula is C22H28BrN3O6S. The number of ether oxygens (including phenoxy) is 1. The van der Waals surface area contributed by atoms with Crippen LogP contribution in [0.2, 0.25) is 0 Å². The second-order valence-electron chi connectivity index (χ2n) is 8.56. The van der Waals surface area contributed by atoms with Crippen LogP contribution in [-0.2, 0) is 30.6 Å². The van der Waals surface area contributed by atoms with Crippen LogP contribution in [-0.4, -0.2) is 81.2 Å². The third-order valence-corrected chi connectivity index (χ3v) is 8.97. The monoisotopic (exact) mass is 541 g/mol. The molecule has 0 aromatic heterocycles. The van der Waals surface area contributed by atoms with E-state index in [4.69, 9.17) is 4.74 Å². The van der Waals surface area contributed by atoms with Crippen LogP contribution in [0.4, 0.5) is 10.5 Å². The van der Waals surface area contributed by atoms with E-state index in [1.54, 1.807) is 33.8 Å². The van der Waals surface area contributed by atoms with Crippen LogP contribution in [0.5, 0.6) is 0 Å². The summed E-state index contributed by atoms with van der Waals surface area (Å²) in [6.45, 7) is 4.01. The van der Waals surface area contributed by atoms with Crippen LogP contribution in [0.25, 0.3) is 0 Å². The first-order valence-electron chi connectivity index (χ1n) is 11.3. The van der Waals surface area contributed by atoms with Crippen LogP contribution in [0.3, 0.4) is 0 Å². The molecule has 0 atom stereocenters. The Morgan fingerprint density at radius 2 is 1.73 bits per heavy atom. The number of carbonyl (C=O) groups is 3. The van der Waals surface area contributed by atoms with Crippen molar-refractivity contribution in [1.29, 1.82) is 0 Å². The lowest BCUT2D eigenvalue weighted by molar-refractivity contribution is -0.132. The fourth-order valence-electron chi connectivity index (χ4n) is 4.25. The van der Waals surface area contributed by atoms with Gasteiger partial charge >= 0.3 is 6.09 Å². The lowest BCUT2D eigenvalue weighted by Gasteiger charge is -2.34. The molecule has 0 radical (unpaired) electrons. The Bertz CT molecular complexity index is 1060. The topological polar surface area (TPSA) is 104 Å². The van der Waals surface area contributed by atoms with Gasteiger partial charge in [-0.1, -0.05) is 0 Å². The molecule has 2 fully saturated rings. The van der Waals surface area contributed by atoms with Crippen molar-refractivity contribution in [3.8, 4) is 0 Å². The normalized spacial score (nSPS) is 18.3. The van der Waals surface area contributed by atoms with Gasteiger partial charge in [0, 0.05) is 55.2 Å². The number of anilines is 1. The number of fused-ring (bicyclic) bond motifs is 1. The first-order chi connectivity index (χ1) is 15.7. The summed E-state index contributed by atoms with van der Waals surface area (Å²) in [6, 6.07) is 3.35. The predicted octanol–water partition coefficient (Wildman–Crippen LogP) is 2.21. The fraction of sp³-hybridized carbons (Fsp3) is 0.591. The van der Waals surface area contributed by atoms with Crippen molar-refractivity contribution >= 4 is 49.4 Å². The van der Waals surface area contributed by atoms with E-state index in [0.717, 1.165) is 18.4 Å². The second-order valence-corrected chi connectivity index (χ2v) is 11.5. The molecule has 9 nitrogen and oxygen atoms in total. The number of carbonyl (C=O) groups excluding carboxylic acids is 3. The number of hydrogen-bond acceptors (Lipinski definition) is 6. The molecule has 2 aliphatic heterocycles. The number of nitrogens with zero attached hydrogens (tertiary/aromatic N) is 3. The highest BCUT2D eigenvalue weighted by molar-refractivity contribution is 9.10. The number of sulfone groups is 1. The number of halogens is 1. The molecule has 11 heteroatoms. The highest BCUT2D eigenvalue weighted by Gasteiger charge is 2.37. The van der Waals surface area contributed by atoms with Gasteiger partial charge in [0.15, 0.2) is 9.84 Å². The van der Waals surface area contributed by atoms with Crippen molar-refractivity contribution in [3.63, 3.8) is 0 Å². The van der Waals surface area contributed by atoms with Crippen molar-refractivity contribution in [1.82, 2.24) is 9.80 Å². The van der Waals surface area contributed by atoms with Crippen molar-refractivity contribution in [2.45, 2.75) is 37.5 Å². The van der Waals surface area contributed by atoms with E-state index in [2.05, 4.69) is 15.9 Å². The molecule has 2 heterocycles. The summed E-state index contributed by atoms with van der Waals surface area (Å²) in [5.41, 5.74) is 1.61. The van der Waals surface area contributed by atoms with Gasteiger partial charge in [0.2, 0.25) is 11.8 Å². The Morgan fingerprint density at radius 3 is 2.36 bits per heavy atom. The number of benzene rings is 1. The Kier molecular flexibility index (Phi) is 6.99. The molecule has 0 bridgehead atoms. The fourth-order valence-corrected chi connectivity index (χ4v) is 6.69. The van der Waals surface area contributed by atoms with E-state index in [0.29, 0.717) is 55.9 Å². The summed E-state index contributed by atoms with van der Waals surface area (Å²) < 4.78 is 31.6. The molecule has 33 heavy (non-hydrogen) atoms. The van der Waals surface area contributed by atoms with Gasteiger partial charge in [-0.15, -0.1) is 0 Å². The van der Waals surface area contributed by atoms with Gasteiger partial charge in [0.25, 0.3) is 0 Å². The first kappa shape index (κ1) is 24.0. The number of amides is 3. The average molecular weight is 542 g/mol. The van der Waals surface area contributed by atoms with Crippen molar-refractivity contribution < 1.29 is 27.5 Å². The maximum absolute atomic E-state index is 13.1. The minimum atomic E-state index is -3.75. The summed E-state index contributed by atoms with van der Waals surface area (Å²) in [4.78, 5) is 42.0. The molecule has 0 unspecified atom stereocenters. The zero-order valence-electron chi connectivity index (χ0n) is 18.6. The third-order valence-electron chi connectivity index (χ3n) is 6.30. The maximum atomic E-state index is 13.1. The molecule has 1 saturated carbocycles. The van der Waals surface area contributed by atoms with Crippen molar-refractivity contribution in [2.75, 3.05) is 50.0 Å². The van der Waals surface area contributed by atoms with E-state index in [-0.39, 0.29) is 34.8 Å². The van der Waals surface area contributed by atoms with Crippen LogP contribution in [0.15, 0.2) is 21.5 Å². The molecule has 0 spiro atoms. The smallest absolute Gasteiger partial charge is 0.409 e. The lowest BCUT2D eigenvalue weighted by atomic mass is 10.2. The van der Waals surface area contributed by atoms with E-state index in [1.807, 2.05) is 0 Å². The Labute approximate surface area is 202 Å². The Hall–Kier alpha value is -2.14. The van der Waals surface area contributed by atoms with E-state index >= 15 is 0 Å². The van der Waals surface area contributed by atoms with Gasteiger partial charge in [0.1, 0.15) is 0 Å². The standard InChI is InChI=1S/C22H28BrN3O6S/c1-2-32-22(29)25-10-8-24(9-11-25)20(27)6-12-33(30,31)19-14-18-16(13-17(19)23)5-7-26(18)21(28)15-3-4-15/h13-15H,2-12H2,1H3. The molecule has 1 aliphatic carbocycles. The van der Waals surface area contributed by atoms with E-state index in [1.165, 1.54) is 0 Å². The van der Waals surface area contributed by atoms with Crippen molar-refractivity contribution in [3.05, 3.63) is 22.2 Å². The summed E-state index contributed by atoms with van der Waals surface area (Å²) >= 11 is 3.37. The third kappa shape index (κ3) is 5.18. The van der Waals surface area contributed by atoms with Gasteiger partial charge < -0.3 is 19.4 Å². The SMILES string of the molecule is CCOC(=O)N1CCN(C(=O)CCS(=O)(=O)c2cc3c(cc2Br)CCN3C(=O)C2CC2)CC1. The predicted molar refractivity (Wildman–Crippen MR) is 125 cm³/mol. The molecule has 180 valence electrons. The average Bonchev–Trinajstić information content (AvgIpc) is 3.57. The van der Waals surface area contributed by atoms with Crippen LogP contribution < -0.4 is 4.90 Å². The largest absolute Gasteiger partial charge is 0.450 e. The van der Waals surface area contributed by atoms with Gasteiger partial charge in [0.05, 0.1) is 17.3 Å². The summed E-state index contributed by atoms with van der Waals surface area (Å²) in [7, 11) is -3.75. The number of hydrogen-bond donors (Lipinski definition) is 0. The van der Waals surface area contributed by atoms with E-state index < -0.39 is 15.9 Å². The highest BCUT2D eigenvalue weighted by Crippen LogP contribution is 2.39. The van der Waals surface area contributed by atoms with Gasteiger partial charge in [-0.3, -0.25) is 9.59 Å². The van der Waals surface area contributed by atoms with Gasteiger partial charge in [-0.05, 0) is 59.8 Å². The second kappa shape index (κ2) is 9.61. The number of piperazine rings is 1. The summed E-state index contributed by atoms with van der Waals surface area (Å²) in [6.07, 6.45) is 1.94. The van der Waals surface area contributed by atoms with E-state index in [9.17, 15) is 22.8 Å². The molecule has 1 aromatic carbocycles. The lowest BCUT2D eigenvalue weighted by Crippen LogP contribution is -2.50. The minimum Gasteiger partial charge on any atom is -0.450 e. The molecular weight excluding hydrogens is 514 g/mol. The molecule has 3 amide bonds. The summed E-state index contributed by atoms with van der Waals surface area (Å²) in [5.74, 6) is -0.458. The molecule has 1 aromatic rings. The molecule has 0 N–H and O–H groups in total. The van der Waals surface area contributed by atoms with Crippen LogP contribution >= 0.6 is 15.9 Å². The minimum absolute atomic E-state index is 0.0570. The highest BCUT2D eigenvalue weighted by atomic mass is 79.9.